The molecule has 1 N–H and O–H groups in total. The molecule has 5 aromatic rings. The molecule has 0 saturated carbocycles. The van der Waals surface area contributed by atoms with Crippen molar-refractivity contribution in [2.45, 2.75) is 9.79 Å². The van der Waals surface area contributed by atoms with Crippen molar-refractivity contribution in [3.8, 4) is 22.3 Å². The van der Waals surface area contributed by atoms with E-state index in [4.69, 9.17) is 0 Å². The van der Waals surface area contributed by atoms with Crippen molar-refractivity contribution < 1.29 is 0 Å². The third-order valence-corrected chi connectivity index (χ3v) is 8.84. The number of nitrogens with one attached hydrogen (secondary N) is 1. The van der Waals surface area contributed by atoms with Gasteiger partial charge in [0.1, 0.15) is 0 Å². The Morgan fingerprint density at radius 1 is 0.514 bits per heavy atom. The molecule has 0 amide bonds. The maximum atomic E-state index is 3.72. The maximum absolute atomic E-state index is 3.72. The molecule has 5 heteroatoms. The molecule has 0 atom stereocenters. The van der Waals surface area contributed by atoms with E-state index in [2.05, 4.69) is 118 Å². The zero-order valence-corrected chi connectivity index (χ0v) is 19.5. The minimum Gasteiger partial charge on any atom is -0.359 e. The van der Waals surface area contributed by atoms with Crippen LogP contribution in [-0.2, 0) is 0 Å². The molecule has 4 heterocycles. The van der Waals surface area contributed by atoms with Crippen LogP contribution in [0.25, 0.3) is 22.3 Å². The topological polar surface area (TPSA) is 18.5 Å². The Labute approximate surface area is 208 Å². The summed E-state index contributed by atoms with van der Waals surface area (Å²) in [5.74, 6) is 0. The van der Waals surface area contributed by atoms with E-state index in [1.54, 1.807) is 0 Å². The summed E-state index contributed by atoms with van der Waals surface area (Å²) in [6, 6.07) is 37.8. The normalized spacial score (nSPS) is 14.8. The molecule has 4 aliphatic rings. The summed E-state index contributed by atoms with van der Waals surface area (Å²) in [6.45, 7) is 0.0220. The average Bonchev–Trinajstić information content (AvgIpc) is 2.91. The molecule has 0 aromatic heterocycles. The molecule has 9 rings (SSSR count). The van der Waals surface area contributed by atoms with Crippen LogP contribution in [-0.4, -0.2) is 6.98 Å². The van der Waals surface area contributed by atoms with Gasteiger partial charge in [-0.2, -0.15) is 0 Å². The summed E-state index contributed by atoms with van der Waals surface area (Å²) < 4.78 is 0. The highest BCUT2D eigenvalue weighted by molar-refractivity contribution is 7.99. The van der Waals surface area contributed by atoms with E-state index in [0.29, 0.717) is 0 Å². The molecule has 35 heavy (non-hydrogen) atoms. The van der Waals surface area contributed by atoms with Gasteiger partial charge in [0.15, 0.2) is 0 Å². The average molecular weight is 463 g/mol. The minimum absolute atomic E-state index is 0.0220. The van der Waals surface area contributed by atoms with E-state index in [1.165, 1.54) is 60.3 Å². The highest BCUT2D eigenvalue weighted by Crippen LogP contribution is 2.58. The van der Waals surface area contributed by atoms with Crippen molar-refractivity contribution in [1.29, 1.82) is 0 Å². The fourth-order valence-electron chi connectivity index (χ4n) is 6.42. The molecule has 0 radical (unpaired) electrons. The lowest BCUT2D eigenvalue weighted by Crippen LogP contribution is -2.62. The predicted molar refractivity (Wildman–Crippen MR) is 147 cm³/mol. The van der Waals surface area contributed by atoms with E-state index in [1.807, 2.05) is 11.8 Å². The quantitative estimate of drug-likeness (QED) is 0.239. The van der Waals surface area contributed by atoms with E-state index in [-0.39, 0.29) is 6.98 Å². The van der Waals surface area contributed by atoms with Crippen molar-refractivity contribution in [2.24, 2.45) is 0 Å². The van der Waals surface area contributed by atoms with E-state index < -0.39 is 0 Å². The molecule has 4 aliphatic heterocycles. The van der Waals surface area contributed by atoms with Crippen LogP contribution in [0.15, 0.2) is 113 Å². The molecule has 0 bridgehead atoms. The van der Waals surface area contributed by atoms with Gasteiger partial charge in [0.25, 0.3) is 0 Å². The Morgan fingerprint density at radius 2 is 1.11 bits per heavy atom. The highest BCUT2D eigenvalue weighted by atomic mass is 32.2. The molecule has 0 aliphatic carbocycles. The number of hydrogen-bond acceptors (Lipinski definition) is 4. The molecular weight excluding hydrogens is 445 g/mol. The van der Waals surface area contributed by atoms with Gasteiger partial charge in [0.2, 0.25) is 0 Å². The lowest BCUT2D eigenvalue weighted by molar-refractivity contribution is 1.18. The molecule has 162 valence electrons. The smallest absolute Gasteiger partial charge is 0.359 e. The van der Waals surface area contributed by atoms with Crippen LogP contribution in [0.5, 0.6) is 0 Å². The van der Waals surface area contributed by atoms with Gasteiger partial charge in [-0.05, 0) is 53.0 Å². The number of para-hydroxylation sites is 5. The minimum atomic E-state index is 0.0220. The second-order valence-electron chi connectivity index (χ2n) is 9.45. The first-order valence-corrected chi connectivity index (χ1v) is 12.8. The Kier molecular flexibility index (Phi) is 3.30. The van der Waals surface area contributed by atoms with Crippen LogP contribution in [0.1, 0.15) is 0 Å². The van der Waals surface area contributed by atoms with Crippen LogP contribution in [0, 0.1) is 0 Å². The zero-order valence-electron chi connectivity index (χ0n) is 18.7. The fourth-order valence-corrected chi connectivity index (χ4v) is 7.53. The number of benzene rings is 5. The summed E-state index contributed by atoms with van der Waals surface area (Å²) in [5.41, 5.74) is 14.1. The molecule has 0 saturated heterocycles. The van der Waals surface area contributed by atoms with Gasteiger partial charge in [-0.1, -0.05) is 78.5 Å². The molecular formula is C30H18BN3S. The Morgan fingerprint density at radius 3 is 2.00 bits per heavy atom. The van der Waals surface area contributed by atoms with Crippen LogP contribution < -0.4 is 20.4 Å². The van der Waals surface area contributed by atoms with Gasteiger partial charge in [0, 0.05) is 26.6 Å². The van der Waals surface area contributed by atoms with Crippen molar-refractivity contribution in [3.05, 3.63) is 103 Å². The zero-order chi connectivity index (χ0) is 22.7. The van der Waals surface area contributed by atoms with Gasteiger partial charge in [-0.3, -0.25) is 0 Å². The molecule has 0 unspecified atom stereocenters. The molecule has 0 fully saturated rings. The first kappa shape index (κ1) is 18.3. The van der Waals surface area contributed by atoms with Crippen molar-refractivity contribution in [2.75, 3.05) is 14.9 Å². The second-order valence-corrected chi connectivity index (χ2v) is 10.5. The molecule has 5 aromatic carbocycles. The van der Waals surface area contributed by atoms with Crippen molar-refractivity contribution >= 4 is 58.3 Å². The Bertz CT molecular complexity index is 1620. The predicted octanol–water partition coefficient (Wildman–Crippen LogP) is 7.54. The summed E-state index contributed by atoms with van der Waals surface area (Å²) in [5, 5.41) is 3.72. The van der Waals surface area contributed by atoms with Gasteiger partial charge < -0.3 is 14.9 Å². The standard InChI is InChI=1S/C30H18BN3S/c1-2-14-24-22(12-1)32-23-13-6-10-20-18-8-5-9-19-21-11-7-17-27-30(21)34(25-15-3-4-16-26(25)35-27)31(28(18)19)33(24)29(20)23/h1-17,32H. The number of anilines is 6. The largest absolute Gasteiger partial charge is 0.422 e. The highest BCUT2D eigenvalue weighted by Gasteiger charge is 2.50. The third-order valence-electron chi connectivity index (χ3n) is 7.73. The van der Waals surface area contributed by atoms with Crippen LogP contribution in [0.3, 0.4) is 0 Å². The fraction of sp³-hybridized carbons (Fsp3) is 0. The van der Waals surface area contributed by atoms with Gasteiger partial charge in [-0.15, -0.1) is 0 Å². The van der Waals surface area contributed by atoms with Gasteiger partial charge in [-0.25, -0.2) is 0 Å². The Balaban J connectivity index is 1.47. The molecule has 3 nitrogen and oxygen atoms in total. The summed E-state index contributed by atoms with van der Waals surface area (Å²) in [6.07, 6.45) is 0. The van der Waals surface area contributed by atoms with Crippen LogP contribution in [0.2, 0.25) is 0 Å². The summed E-state index contributed by atoms with van der Waals surface area (Å²) >= 11 is 1.88. The first-order chi connectivity index (χ1) is 17.4. The summed E-state index contributed by atoms with van der Waals surface area (Å²) in [4.78, 5) is 7.80. The number of hydrogen-bond donors (Lipinski definition) is 1. The summed E-state index contributed by atoms with van der Waals surface area (Å²) in [7, 11) is 0. The second kappa shape index (κ2) is 6.32. The van der Waals surface area contributed by atoms with E-state index in [0.717, 1.165) is 11.4 Å². The first-order valence-electron chi connectivity index (χ1n) is 12.0. The number of nitrogens with zero attached hydrogens (tertiary/aromatic N) is 2. The van der Waals surface area contributed by atoms with Gasteiger partial charge in [0.05, 0.1) is 28.4 Å². The van der Waals surface area contributed by atoms with Crippen LogP contribution >= 0.6 is 11.8 Å². The third kappa shape index (κ3) is 2.16. The maximum Gasteiger partial charge on any atom is 0.422 e. The van der Waals surface area contributed by atoms with Crippen LogP contribution in [0.4, 0.5) is 34.1 Å². The number of fused-ring (bicyclic) bond motifs is 8. The van der Waals surface area contributed by atoms with Gasteiger partial charge >= 0.3 is 6.98 Å². The monoisotopic (exact) mass is 463 g/mol. The van der Waals surface area contributed by atoms with Crippen molar-refractivity contribution in [3.63, 3.8) is 0 Å². The van der Waals surface area contributed by atoms with Crippen molar-refractivity contribution in [1.82, 2.24) is 0 Å². The number of rotatable bonds is 0. The Hall–Kier alpha value is -4.09. The lowest BCUT2D eigenvalue weighted by Gasteiger charge is -2.51. The SMILES string of the molecule is c1ccc2c(c1)Nc1cccc3c1N2B1c2c-3cccc2-c2cccc3c2N1c1ccccc1S3. The molecule has 0 spiro atoms. The van der Waals surface area contributed by atoms with E-state index in [9.17, 15) is 0 Å². The van der Waals surface area contributed by atoms with E-state index >= 15 is 0 Å². The lowest BCUT2D eigenvalue weighted by atomic mass is 9.53.